The van der Waals surface area contributed by atoms with E-state index in [9.17, 15) is 8.42 Å². The Kier molecular flexibility index (Phi) is 4.90. The van der Waals surface area contributed by atoms with Crippen molar-refractivity contribution in [3.8, 4) is 0 Å². The van der Waals surface area contributed by atoms with Gasteiger partial charge in [-0.15, -0.1) is 0 Å². The molecule has 5 N–H and O–H groups in total. The molecule has 0 saturated heterocycles. The molecular formula is C13H20ClN3O2S. The van der Waals surface area contributed by atoms with Crippen molar-refractivity contribution in [2.75, 3.05) is 11.9 Å². The fraction of sp³-hybridized carbons (Fsp3) is 0.538. The Morgan fingerprint density at radius 2 is 2.00 bits per heavy atom. The second-order valence-electron chi connectivity index (χ2n) is 5.22. The molecule has 0 aliphatic heterocycles. The van der Waals surface area contributed by atoms with Crippen LogP contribution in [0.5, 0.6) is 0 Å². The van der Waals surface area contributed by atoms with Crippen LogP contribution >= 0.6 is 11.6 Å². The number of anilines is 1. The van der Waals surface area contributed by atoms with Crippen LogP contribution in [0.3, 0.4) is 0 Å². The first-order valence-electron chi connectivity index (χ1n) is 6.71. The van der Waals surface area contributed by atoms with Crippen molar-refractivity contribution in [1.29, 1.82) is 0 Å². The van der Waals surface area contributed by atoms with E-state index >= 15 is 0 Å². The van der Waals surface area contributed by atoms with E-state index in [-0.39, 0.29) is 10.9 Å². The molecule has 1 saturated carbocycles. The lowest BCUT2D eigenvalue weighted by Gasteiger charge is -2.32. The van der Waals surface area contributed by atoms with E-state index in [1.54, 1.807) is 6.07 Å². The Morgan fingerprint density at radius 3 is 2.65 bits per heavy atom. The summed E-state index contributed by atoms with van der Waals surface area (Å²) >= 11 is 6.13. The summed E-state index contributed by atoms with van der Waals surface area (Å²) in [6.45, 7) is 0.615. The first-order chi connectivity index (χ1) is 9.41. The lowest BCUT2D eigenvalue weighted by molar-refractivity contribution is 0.332. The van der Waals surface area contributed by atoms with Gasteiger partial charge < -0.3 is 11.1 Å². The van der Waals surface area contributed by atoms with Crippen molar-refractivity contribution in [1.82, 2.24) is 0 Å². The lowest BCUT2D eigenvalue weighted by Crippen LogP contribution is -2.36. The number of benzene rings is 1. The van der Waals surface area contributed by atoms with Crippen LogP contribution in [-0.2, 0) is 10.0 Å². The number of nitrogens with two attached hydrogens (primary N) is 2. The highest BCUT2D eigenvalue weighted by atomic mass is 35.5. The monoisotopic (exact) mass is 317 g/mol. The minimum atomic E-state index is -3.73. The zero-order valence-corrected chi connectivity index (χ0v) is 12.8. The van der Waals surface area contributed by atoms with Crippen LogP contribution in [-0.4, -0.2) is 21.0 Å². The van der Waals surface area contributed by atoms with E-state index in [1.807, 2.05) is 0 Å². The summed E-state index contributed by atoms with van der Waals surface area (Å²) in [6, 6.07) is 4.66. The largest absolute Gasteiger partial charge is 0.381 e. The molecule has 1 aliphatic carbocycles. The third kappa shape index (κ3) is 3.63. The molecule has 1 aliphatic rings. The second kappa shape index (κ2) is 6.30. The van der Waals surface area contributed by atoms with E-state index in [0.29, 0.717) is 23.2 Å². The molecule has 1 fully saturated rings. The van der Waals surface area contributed by atoms with Crippen LogP contribution in [0.1, 0.15) is 25.7 Å². The maximum atomic E-state index is 11.4. The summed E-state index contributed by atoms with van der Waals surface area (Å²) < 4.78 is 22.8. The molecule has 2 rings (SSSR count). The molecule has 0 amide bonds. The Morgan fingerprint density at radius 1 is 1.30 bits per heavy atom. The number of halogens is 1. The average molecular weight is 318 g/mol. The fourth-order valence-corrected chi connectivity index (χ4v) is 3.38. The molecule has 20 heavy (non-hydrogen) atoms. The van der Waals surface area contributed by atoms with Crippen LogP contribution in [0, 0.1) is 5.92 Å². The first kappa shape index (κ1) is 15.6. The van der Waals surface area contributed by atoms with Gasteiger partial charge in [0.2, 0.25) is 10.0 Å². The van der Waals surface area contributed by atoms with Gasteiger partial charge in [0, 0.05) is 6.04 Å². The number of sulfonamides is 1. The molecule has 1 aromatic rings. The number of rotatable bonds is 4. The van der Waals surface area contributed by atoms with Gasteiger partial charge in [0.05, 0.1) is 15.6 Å². The zero-order valence-electron chi connectivity index (χ0n) is 11.2. The van der Waals surface area contributed by atoms with Crippen molar-refractivity contribution in [2.45, 2.75) is 36.6 Å². The summed E-state index contributed by atoms with van der Waals surface area (Å²) in [6.07, 6.45) is 4.42. The van der Waals surface area contributed by atoms with Gasteiger partial charge in [0.25, 0.3) is 0 Å². The number of nitrogens with one attached hydrogen (secondary N) is 1. The summed E-state index contributed by atoms with van der Waals surface area (Å²) in [5.41, 5.74) is 6.40. The van der Waals surface area contributed by atoms with Gasteiger partial charge in [-0.3, -0.25) is 0 Å². The molecule has 0 spiro atoms. The van der Waals surface area contributed by atoms with E-state index in [0.717, 1.165) is 19.3 Å². The first-order valence-corrected chi connectivity index (χ1v) is 8.63. The summed E-state index contributed by atoms with van der Waals surface area (Å²) in [5.74, 6) is 0.387. The highest BCUT2D eigenvalue weighted by Crippen LogP contribution is 2.31. The summed E-state index contributed by atoms with van der Waals surface area (Å²) in [4.78, 5) is 0.0597. The van der Waals surface area contributed by atoms with Gasteiger partial charge >= 0.3 is 0 Å². The van der Waals surface area contributed by atoms with Gasteiger partial charge in [-0.2, -0.15) is 0 Å². The summed E-state index contributed by atoms with van der Waals surface area (Å²) in [5, 5.41) is 8.96. The molecule has 2 unspecified atom stereocenters. The van der Waals surface area contributed by atoms with Crippen molar-refractivity contribution in [3.63, 3.8) is 0 Å². The van der Waals surface area contributed by atoms with Crippen molar-refractivity contribution < 1.29 is 8.42 Å². The van der Waals surface area contributed by atoms with E-state index < -0.39 is 10.0 Å². The maximum absolute atomic E-state index is 11.4. The molecule has 112 valence electrons. The van der Waals surface area contributed by atoms with Gasteiger partial charge in [-0.05, 0) is 43.5 Å². The highest BCUT2D eigenvalue weighted by molar-refractivity contribution is 7.89. The predicted octanol–water partition coefficient (Wildman–Crippen LogP) is 1.92. The van der Waals surface area contributed by atoms with Gasteiger partial charge in [-0.25, -0.2) is 13.6 Å². The molecular weight excluding hydrogens is 298 g/mol. The van der Waals surface area contributed by atoms with Crippen LogP contribution in [0.15, 0.2) is 23.1 Å². The Labute approximate surface area is 124 Å². The van der Waals surface area contributed by atoms with E-state index in [4.69, 9.17) is 22.5 Å². The second-order valence-corrected chi connectivity index (χ2v) is 7.19. The lowest BCUT2D eigenvalue weighted by atomic mass is 9.84. The van der Waals surface area contributed by atoms with Gasteiger partial charge in [0.15, 0.2) is 0 Å². The number of hydrogen-bond acceptors (Lipinski definition) is 4. The zero-order chi connectivity index (χ0) is 14.8. The molecule has 0 aromatic heterocycles. The fourth-order valence-electron chi connectivity index (χ4n) is 2.67. The van der Waals surface area contributed by atoms with Gasteiger partial charge in [-0.1, -0.05) is 24.4 Å². The molecule has 5 nitrogen and oxygen atoms in total. The minimum Gasteiger partial charge on any atom is -0.381 e. The minimum absolute atomic E-state index is 0.0597. The van der Waals surface area contributed by atoms with Crippen LogP contribution in [0.2, 0.25) is 5.02 Å². The molecule has 2 atom stereocenters. The normalized spacial score (nSPS) is 23.6. The van der Waals surface area contributed by atoms with Gasteiger partial charge in [0.1, 0.15) is 0 Å². The van der Waals surface area contributed by atoms with E-state index in [1.165, 1.54) is 18.6 Å². The SMILES string of the molecule is NCC1CCCCC1Nc1cc(S(N)(=O)=O)ccc1Cl. The Balaban J connectivity index is 2.24. The number of primary sulfonamides is 1. The van der Waals surface area contributed by atoms with Crippen molar-refractivity contribution in [2.24, 2.45) is 16.8 Å². The molecule has 0 bridgehead atoms. The van der Waals surface area contributed by atoms with Crippen LogP contribution in [0.4, 0.5) is 5.69 Å². The highest BCUT2D eigenvalue weighted by Gasteiger charge is 2.24. The standard InChI is InChI=1S/C13H20ClN3O2S/c14-11-6-5-10(20(16,18)19)7-13(11)17-12-4-2-1-3-9(12)8-15/h5-7,9,12,17H,1-4,8,15H2,(H2,16,18,19). The quantitative estimate of drug-likeness (QED) is 0.790. The molecule has 0 radical (unpaired) electrons. The summed E-state index contributed by atoms with van der Waals surface area (Å²) in [7, 11) is -3.73. The van der Waals surface area contributed by atoms with E-state index in [2.05, 4.69) is 5.32 Å². The predicted molar refractivity (Wildman–Crippen MR) is 81.2 cm³/mol. The van der Waals surface area contributed by atoms with Crippen LogP contribution in [0.25, 0.3) is 0 Å². The third-order valence-corrected chi connectivity index (χ3v) is 5.06. The Hall–Kier alpha value is -0.820. The smallest absolute Gasteiger partial charge is 0.238 e. The topological polar surface area (TPSA) is 98.2 Å². The van der Waals surface area contributed by atoms with Crippen LogP contribution < -0.4 is 16.2 Å². The number of hydrogen-bond donors (Lipinski definition) is 3. The third-order valence-electron chi connectivity index (χ3n) is 3.82. The average Bonchev–Trinajstić information content (AvgIpc) is 2.40. The molecule has 7 heteroatoms. The molecule has 1 aromatic carbocycles. The van der Waals surface area contributed by atoms with Crippen molar-refractivity contribution in [3.05, 3.63) is 23.2 Å². The van der Waals surface area contributed by atoms with Crippen molar-refractivity contribution >= 4 is 27.3 Å². The Bertz CT molecular complexity index is 577. The maximum Gasteiger partial charge on any atom is 0.238 e. The molecule has 0 heterocycles.